The van der Waals surface area contributed by atoms with Crippen LogP contribution >= 0.6 is 27.5 Å². The summed E-state index contributed by atoms with van der Waals surface area (Å²) in [7, 11) is -3.80. The average Bonchev–Trinajstić information content (AvgIpc) is 2.62. The second-order valence-electron chi connectivity index (χ2n) is 6.02. The lowest BCUT2D eigenvalue weighted by molar-refractivity contribution is -0.384. The van der Waals surface area contributed by atoms with Gasteiger partial charge in [-0.15, -0.1) is 0 Å². The first kappa shape index (κ1) is 19.3. The summed E-state index contributed by atoms with van der Waals surface area (Å²) >= 11 is 9.57. The molecule has 1 aliphatic rings. The third-order valence-corrected chi connectivity index (χ3v) is 7.48. The van der Waals surface area contributed by atoms with Crippen LogP contribution in [-0.2, 0) is 10.0 Å². The van der Waals surface area contributed by atoms with Gasteiger partial charge in [0, 0.05) is 28.5 Å². The van der Waals surface area contributed by atoms with Crippen LogP contribution in [0.1, 0.15) is 24.4 Å². The fourth-order valence-corrected chi connectivity index (χ4v) is 5.98. The summed E-state index contributed by atoms with van der Waals surface area (Å²) in [5, 5.41) is 11.4. The largest absolute Gasteiger partial charge is 0.269 e. The van der Waals surface area contributed by atoms with Crippen LogP contribution in [0.3, 0.4) is 0 Å². The Hall–Kier alpha value is -1.48. The second-order valence-corrected chi connectivity index (χ2v) is 9.52. The normalized spacial score (nSPS) is 21.5. The lowest BCUT2D eigenvalue weighted by Crippen LogP contribution is -2.43. The molecule has 0 spiro atoms. The Bertz CT molecular complexity index is 903. The number of sulfonamides is 1. The monoisotopic (exact) mass is 458 g/mol. The van der Waals surface area contributed by atoms with Crippen LogP contribution in [0.15, 0.2) is 53.4 Å². The van der Waals surface area contributed by atoms with Crippen molar-refractivity contribution in [3.8, 4) is 0 Å². The number of piperidine rings is 1. The molecular formula is C17H16BrClN2O4S. The van der Waals surface area contributed by atoms with E-state index in [1.165, 1.54) is 28.6 Å². The molecule has 1 heterocycles. The molecule has 0 saturated carbocycles. The minimum absolute atomic E-state index is 0.0368. The molecule has 0 aromatic heterocycles. The standard InChI is InChI=1S/C17H16BrClN2O4S/c18-16-2-1-11-20(17(16)12-3-5-13(19)6-4-12)26(24,25)15-9-7-14(8-10-15)21(22)23/h3-10,16-17H,1-2,11H2/t16-,17+/m0/s1. The van der Waals surface area contributed by atoms with Crippen LogP contribution in [0.2, 0.25) is 5.02 Å². The highest BCUT2D eigenvalue weighted by Gasteiger charge is 2.39. The van der Waals surface area contributed by atoms with Crippen molar-refractivity contribution >= 4 is 43.2 Å². The van der Waals surface area contributed by atoms with Gasteiger partial charge in [-0.05, 0) is 42.7 Å². The van der Waals surface area contributed by atoms with Gasteiger partial charge in [0.15, 0.2) is 0 Å². The van der Waals surface area contributed by atoms with Crippen LogP contribution in [-0.4, -0.2) is 29.0 Å². The molecule has 3 rings (SSSR count). The summed E-state index contributed by atoms with van der Waals surface area (Å²) < 4.78 is 27.8. The van der Waals surface area contributed by atoms with Gasteiger partial charge in [-0.25, -0.2) is 8.42 Å². The number of hydrogen-bond donors (Lipinski definition) is 0. The predicted molar refractivity (Wildman–Crippen MR) is 103 cm³/mol. The molecular weight excluding hydrogens is 444 g/mol. The number of nitro benzene ring substituents is 1. The molecule has 1 fully saturated rings. The van der Waals surface area contributed by atoms with Gasteiger partial charge < -0.3 is 0 Å². The Morgan fingerprint density at radius 3 is 2.31 bits per heavy atom. The van der Waals surface area contributed by atoms with Gasteiger partial charge in [-0.1, -0.05) is 39.7 Å². The van der Waals surface area contributed by atoms with Crippen molar-refractivity contribution in [3.63, 3.8) is 0 Å². The number of non-ortho nitro benzene ring substituents is 1. The Kier molecular flexibility index (Phi) is 5.67. The molecule has 1 saturated heterocycles. The van der Waals surface area contributed by atoms with E-state index in [2.05, 4.69) is 15.9 Å². The highest BCUT2D eigenvalue weighted by atomic mass is 79.9. The Morgan fingerprint density at radius 2 is 1.73 bits per heavy atom. The summed E-state index contributed by atoms with van der Waals surface area (Å²) in [5.74, 6) is 0. The number of alkyl halides is 1. The fraction of sp³-hybridized carbons (Fsp3) is 0.294. The first-order valence-corrected chi connectivity index (χ1v) is 10.7. The molecule has 0 aliphatic carbocycles. The molecule has 26 heavy (non-hydrogen) atoms. The number of rotatable bonds is 4. The van der Waals surface area contributed by atoms with Crippen LogP contribution in [0, 0.1) is 10.1 Å². The Labute approximate surface area is 165 Å². The zero-order valence-electron chi connectivity index (χ0n) is 13.6. The predicted octanol–water partition coefficient (Wildman–Crippen LogP) is 4.54. The fourth-order valence-electron chi connectivity index (χ4n) is 3.10. The van der Waals surface area contributed by atoms with Crippen molar-refractivity contribution in [2.45, 2.75) is 28.6 Å². The lowest BCUT2D eigenvalue weighted by Gasteiger charge is -2.38. The minimum Gasteiger partial charge on any atom is -0.258 e. The zero-order valence-corrected chi connectivity index (χ0v) is 16.7. The zero-order chi connectivity index (χ0) is 18.9. The van der Waals surface area contributed by atoms with E-state index in [-0.39, 0.29) is 21.5 Å². The smallest absolute Gasteiger partial charge is 0.258 e. The summed E-state index contributed by atoms with van der Waals surface area (Å²) in [6, 6.07) is 11.7. The van der Waals surface area contributed by atoms with Crippen LogP contribution in [0.4, 0.5) is 5.69 Å². The molecule has 1 aliphatic heterocycles. The highest BCUT2D eigenvalue weighted by molar-refractivity contribution is 9.09. The first-order chi connectivity index (χ1) is 12.3. The van der Waals surface area contributed by atoms with Crippen molar-refractivity contribution in [1.29, 1.82) is 0 Å². The van der Waals surface area contributed by atoms with E-state index in [0.717, 1.165) is 18.4 Å². The Balaban J connectivity index is 2.00. The van der Waals surface area contributed by atoms with E-state index in [9.17, 15) is 18.5 Å². The van der Waals surface area contributed by atoms with Crippen molar-refractivity contribution in [2.75, 3.05) is 6.54 Å². The summed E-state index contributed by atoms with van der Waals surface area (Å²) in [6.45, 7) is 0.384. The van der Waals surface area contributed by atoms with Crippen LogP contribution in [0.5, 0.6) is 0 Å². The number of benzene rings is 2. The van der Waals surface area contributed by atoms with Gasteiger partial charge in [0.25, 0.3) is 5.69 Å². The second kappa shape index (κ2) is 7.64. The molecule has 2 aromatic rings. The summed E-state index contributed by atoms with van der Waals surface area (Å²) in [6.07, 6.45) is 1.58. The van der Waals surface area contributed by atoms with Crippen LogP contribution < -0.4 is 0 Å². The molecule has 6 nitrogen and oxygen atoms in total. The van der Waals surface area contributed by atoms with E-state index >= 15 is 0 Å². The molecule has 0 amide bonds. The average molecular weight is 460 g/mol. The molecule has 0 radical (unpaired) electrons. The number of nitro groups is 1. The topological polar surface area (TPSA) is 80.5 Å². The molecule has 9 heteroatoms. The maximum Gasteiger partial charge on any atom is 0.269 e. The van der Waals surface area contributed by atoms with E-state index in [0.29, 0.717) is 11.6 Å². The van der Waals surface area contributed by atoms with Crippen LogP contribution in [0.25, 0.3) is 0 Å². The van der Waals surface area contributed by atoms with E-state index < -0.39 is 14.9 Å². The van der Waals surface area contributed by atoms with E-state index in [1.54, 1.807) is 12.1 Å². The van der Waals surface area contributed by atoms with E-state index in [4.69, 9.17) is 11.6 Å². The number of hydrogen-bond acceptors (Lipinski definition) is 4. The van der Waals surface area contributed by atoms with Gasteiger partial charge in [-0.3, -0.25) is 10.1 Å². The number of nitrogens with zero attached hydrogens (tertiary/aromatic N) is 2. The molecule has 0 bridgehead atoms. The first-order valence-electron chi connectivity index (χ1n) is 7.96. The SMILES string of the molecule is O=[N+]([O-])c1ccc(S(=O)(=O)N2CCC[C@H](Br)[C@H]2c2ccc(Cl)cc2)cc1. The summed E-state index contributed by atoms with van der Waals surface area (Å²) in [4.78, 5) is 10.3. The van der Waals surface area contributed by atoms with Gasteiger partial charge in [-0.2, -0.15) is 4.31 Å². The third-order valence-electron chi connectivity index (χ3n) is 4.38. The maximum atomic E-state index is 13.2. The quantitative estimate of drug-likeness (QED) is 0.382. The molecule has 2 aromatic carbocycles. The molecule has 0 unspecified atom stereocenters. The van der Waals surface area contributed by atoms with Crippen molar-refractivity contribution in [2.24, 2.45) is 0 Å². The third kappa shape index (κ3) is 3.78. The van der Waals surface area contributed by atoms with Gasteiger partial charge in [0.2, 0.25) is 10.0 Å². The van der Waals surface area contributed by atoms with Gasteiger partial charge >= 0.3 is 0 Å². The van der Waals surface area contributed by atoms with Gasteiger partial charge in [0.05, 0.1) is 15.9 Å². The molecule has 2 atom stereocenters. The molecule has 0 N–H and O–H groups in total. The van der Waals surface area contributed by atoms with E-state index in [1.807, 2.05) is 12.1 Å². The highest BCUT2D eigenvalue weighted by Crippen LogP contribution is 2.39. The van der Waals surface area contributed by atoms with Crippen molar-refractivity contribution in [3.05, 3.63) is 69.2 Å². The lowest BCUT2D eigenvalue weighted by atomic mass is 9.97. The molecule has 138 valence electrons. The van der Waals surface area contributed by atoms with Crippen molar-refractivity contribution in [1.82, 2.24) is 4.31 Å². The maximum absolute atomic E-state index is 13.2. The van der Waals surface area contributed by atoms with Gasteiger partial charge in [0.1, 0.15) is 0 Å². The minimum atomic E-state index is -3.80. The summed E-state index contributed by atoms with van der Waals surface area (Å²) in [5.41, 5.74) is 0.705. The van der Waals surface area contributed by atoms with Crippen molar-refractivity contribution < 1.29 is 13.3 Å². The number of halogens is 2. The Morgan fingerprint density at radius 1 is 1.12 bits per heavy atom.